The lowest BCUT2D eigenvalue weighted by molar-refractivity contribution is -0.302. The third-order valence-electron chi connectivity index (χ3n) is 7.50. The van der Waals surface area contributed by atoms with Crippen LogP contribution in [0.4, 0.5) is 0 Å². The minimum Gasteiger partial charge on any atom is -0.394 e. The topological polar surface area (TPSA) is 149 Å². The van der Waals surface area contributed by atoms with E-state index in [4.69, 9.17) is 9.47 Å². The van der Waals surface area contributed by atoms with E-state index in [0.29, 0.717) is 6.42 Å². The van der Waals surface area contributed by atoms with Crippen LogP contribution in [-0.4, -0.2) is 87.5 Å². The molecule has 1 heterocycles. The van der Waals surface area contributed by atoms with Gasteiger partial charge in [0, 0.05) is 6.42 Å². The van der Waals surface area contributed by atoms with Crippen molar-refractivity contribution in [1.29, 1.82) is 0 Å². The number of aliphatic hydroxyl groups excluding tert-OH is 5. The molecule has 1 rings (SSSR count). The van der Waals surface area contributed by atoms with Crippen molar-refractivity contribution in [3.63, 3.8) is 0 Å². The Morgan fingerprint density at radius 3 is 2.07 bits per heavy atom. The highest BCUT2D eigenvalue weighted by Gasteiger charge is 2.44. The fourth-order valence-electron chi connectivity index (χ4n) is 4.80. The van der Waals surface area contributed by atoms with Crippen LogP contribution < -0.4 is 5.32 Å². The molecule has 240 valence electrons. The molecule has 0 spiro atoms. The first kappa shape index (κ1) is 37.7. The molecule has 7 atom stereocenters. The lowest BCUT2D eigenvalue weighted by Crippen LogP contribution is -2.60. The molecule has 0 aromatic carbocycles. The van der Waals surface area contributed by atoms with E-state index in [1.807, 2.05) is 6.08 Å². The molecule has 1 fully saturated rings. The quantitative estimate of drug-likeness (QED) is 0.0734. The van der Waals surface area contributed by atoms with Gasteiger partial charge in [-0.3, -0.25) is 4.79 Å². The van der Waals surface area contributed by atoms with Crippen LogP contribution in [0.1, 0.15) is 117 Å². The van der Waals surface area contributed by atoms with Crippen LogP contribution in [0, 0.1) is 0 Å². The zero-order valence-electron chi connectivity index (χ0n) is 25.5. The van der Waals surface area contributed by atoms with Crippen molar-refractivity contribution in [1.82, 2.24) is 5.32 Å². The Hall–Kier alpha value is -1.33. The van der Waals surface area contributed by atoms with Gasteiger partial charge >= 0.3 is 0 Å². The largest absolute Gasteiger partial charge is 0.394 e. The maximum atomic E-state index is 12.7. The van der Waals surface area contributed by atoms with Gasteiger partial charge in [0.1, 0.15) is 24.4 Å². The second kappa shape index (κ2) is 24.1. The van der Waals surface area contributed by atoms with Gasteiger partial charge in [-0.1, -0.05) is 95.9 Å². The number of rotatable bonds is 24. The molecule has 1 saturated heterocycles. The zero-order valence-corrected chi connectivity index (χ0v) is 25.5. The second-order valence-electron chi connectivity index (χ2n) is 11.2. The van der Waals surface area contributed by atoms with Gasteiger partial charge in [0.05, 0.1) is 25.4 Å². The molecule has 0 aromatic heterocycles. The van der Waals surface area contributed by atoms with Gasteiger partial charge in [0.2, 0.25) is 5.91 Å². The number of hydrogen-bond donors (Lipinski definition) is 6. The van der Waals surface area contributed by atoms with Gasteiger partial charge in [-0.15, -0.1) is 0 Å². The van der Waals surface area contributed by atoms with Crippen LogP contribution in [0.2, 0.25) is 0 Å². The summed E-state index contributed by atoms with van der Waals surface area (Å²) in [4.78, 5) is 12.7. The Morgan fingerprint density at radius 1 is 0.805 bits per heavy atom. The summed E-state index contributed by atoms with van der Waals surface area (Å²) >= 11 is 0. The Balaban J connectivity index is 2.56. The maximum Gasteiger partial charge on any atom is 0.220 e. The number of unbranched alkanes of at least 4 members (excludes halogenated alkanes) is 12. The van der Waals surface area contributed by atoms with Gasteiger partial charge < -0.3 is 40.3 Å². The highest BCUT2D eigenvalue weighted by atomic mass is 16.7. The summed E-state index contributed by atoms with van der Waals surface area (Å²) in [6.45, 7) is 3.60. The summed E-state index contributed by atoms with van der Waals surface area (Å²) < 4.78 is 11.1. The van der Waals surface area contributed by atoms with E-state index in [-0.39, 0.29) is 12.5 Å². The van der Waals surface area contributed by atoms with Gasteiger partial charge in [-0.25, -0.2) is 0 Å². The minimum absolute atomic E-state index is 0.192. The summed E-state index contributed by atoms with van der Waals surface area (Å²) in [5.41, 5.74) is 0. The third-order valence-corrected chi connectivity index (χ3v) is 7.50. The predicted octanol–water partition coefficient (Wildman–Crippen LogP) is 4.04. The summed E-state index contributed by atoms with van der Waals surface area (Å²) in [6.07, 6.45) is 16.7. The van der Waals surface area contributed by atoms with E-state index in [9.17, 15) is 30.3 Å². The first-order chi connectivity index (χ1) is 19.8. The van der Waals surface area contributed by atoms with Gasteiger partial charge in [-0.2, -0.15) is 0 Å². The van der Waals surface area contributed by atoms with Crippen LogP contribution in [0.25, 0.3) is 0 Å². The number of carbonyl (C=O) groups excluding carboxylic acids is 1. The molecule has 0 radical (unpaired) electrons. The standard InChI is InChI=1S/C32H59NO8/c1-3-5-7-9-11-13-14-16-18-20-22-28(36)33-25(26(35)21-19-17-15-12-10-8-6-4-2)24-40-32-31(39)30(38)29(37)27(23-34)41-32/h7,9,19,21,25-27,29-32,34-35,37-39H,3-6,8,10-18,20,22-24H2,1-2H3,(H,33,36)/b9-7-,21-19+. The number of carbonyl (C=O) groups is 1. The van der Waals surface area contributed by atoms with Crippen molar-refractivity contribution in [2.75, 3.05) is 13.2 Å². The van der Waals surface area contributed by atoms with E-state index < -0.39 is 49.5 Å². The first-order valence-corrected chi connectivity index (χ1v) is 16.1. The smallest absolute Gasteiger partial charge is 0.220 e. The molecule has 1 amide bonds. The van der Waals surface area contributed by atoms with Gasteiger partial charge in [0.25, 0.3) is 0 Å². The van der Waals surface area contributed by atoms with Crippen molar-refractivity contribution < 1.29 is 39.8 Å². The average Bonchev–Trinajstić information content (AvgIpc) is 2.97. The minimum atomic E-state index is -1.56. The molecule has 0 aromatic rings. The SMILES string of the molecule is CCC/C=C\CCCCCCCC(=O)NC(COC1OC(CO)C(O)C(O)C1O)C(O)/C=C/CCCCCCCC. The Kier molecular flexibility index (Phi) is 22.2. The lowest BCUT2D eigenvalue weighted by Gasteiger charge is -2.40. The van der Waals surface area contributed by atoms with Crippen molar-refractivity contribution >= 4 is 5.91 Å². The van der Waals surface area contributed by atoms with Crippen LogP contribution in [-0.2, 0) is 14.3 Å². The molecule has 9 nitrogen and oxygen atoms in total. The van der Waals surface area contributed by atoms with Crippen LogP contribution in [0.3, 0.4) is 0 Å². The van der Waals surface area contributed by atoms with E-state index in [1.54, 1.807) is 6.08 Å². The number of hydrogen-bond acceptors (Lipinski definition) is 8. The van der Waals surface area contributed by atoms with E-state index in [2.05, 4.69) is 31.3 Å². The first-order valence-electron chi connectivity index (χ1n) is 16.1. The molecule has 6 N–H and O–H groups in total. The number of nitrogens with one attached hydrogen (secondary N) is 1. The Bertz CT molecular complexity index is 701. The number of amides is 1. The molecule has 1 aliphatic heterocycles. The third kappa shape index (κ3) is 16.8. The van der Waals surface area contributed by atoms with E-state index in [1.165, 1.54) is 32.1 Å². The molecular formula is C32H59NO8. The highest BCUT2D eigenvalue weighted by Crippen LogP contribution is 2.22. The fourth-order valence-corrected chi connectivity index (χ4v) is 4.80. The number of aliphatic hydroxyl groups is 5. The van der Waals surface area contributed by atoms with Crippen molar-refractivity contribution in [3.05, 3.63) is 24.3 Å². The monoisotopic (exact) mass is 585 g/mol. The van der Waals surface area contributed by atoms with Crippen molar-refractivity contribution in [2.45, 2.75) is 159 Å². The maximum absolute atomic E-state index is 12.7. The Morgan fingerprint density at radius 2 is 1.41 bits per heavy atom. The van der Waals surface area contributed by atoms with E-state index >= 15 is 0 Å². The number of allylic oxidation sites excluding steroid dienone is 3. The molecule has 41 heavy (non-hydrogen) atoms. The summed E-state index contributed by atoms with van der Waals surface area (Å²) in [5, 5.41) is 53.4. The molecule has 0 saturated carbocycles. The molecule has 0 aliphatic carbocycles. The summed E-state index contributed by atoms with van der Waals surface area (Å²) in [7, 11) is 0. The number of ether oxygens (including phenoxy) is 2. The molecular weight excluding hydrogens is 526 g/mol. The Labute approximate surface area is 248 Å². The van der Waals surface area contributed by atoms with Crippen LogP contribution >= 0.6 is 0 Å². The van der Waals surface area contributed by atoms with Crippen molar-refractivity contribution in [2.24, 2.45) is 0 Å². The second-order valence-corrected chi connectivity index (χ2v) is 11.2. The summed E-state index contributed by atoms with van der Waals surface area (Å²) in [5.74, 6) is -0.196. The average molecular weight is 586 g/mol. The zero-order chi connectivity index (χ0) is 30.3. The molecule has 7 unspecified atom stereocenters. The normalized spacial score (nSPS) is 24.7. The molecule has 9 heteroatoms. The predicted molar refractivity (Wildman–Crippen MR) is 161 cm³/mol. The van der Waals surface area contributed by atoms with Crippen molar-refractivity contribution in [3.8, 4) is 0 Å². The molecule has 1 aliphatic rings. The highest BCUT2D eigenvalue weighted by molar-refractivity contribution is 5.76. The van der Waals surface area contributed by atoms with E-state index in [0.717, 1.165) is 64.2 Å². The molecule has 0 bridgehead atoms. The van der Waals surface area contributed by atoms with Gasteiger partial charge in [0.15, 0.2) is 6.29 Å². The lowest BCUT2D eigenvalue weighted by atomic mass is 9.99. The fraction of sp³-hybridized carbons (Fsp3) is 0.844. The summed E-state index contributed by atoms with van der Waals surface area (Å²) in [6, 6.07) is -0.800. The van der Waals surface area contributed by atoms with Crippen LogP contribution in [0.5, 0.6) is 0 Å². The van der Waals surface area contributed by atoms with Gasteiger partial charge in [-0.05, 0) is 38.5 Å². The van der Waals surface area contributed by atoms with Crippen LogP contribution in [0.15, 0.2) is 24.3 Å².